The van der Waals surface area contributed by atoms with Crippen LogP contribution in [-0.4, -0.2) is 20.4 Å². The zero-order chi connectivity index (χ0) is 12.8. The first kappa shape index (κ1) is 12.7. The van der Waals surface area contributed by atoms with Crippen LogP contribution >= 0.6 is 0 Å². The second-order valence-electron chi connectivity index (χ2n) is 4.09. The molecule has 0 aliphatic rings. The Labute approximate surface area is 106 Å². The molecule has 6 heteroatoms. The normalized spacial score (nSPS) is 11.0. The third-order valence-corrected chi connectivity index (χ3v) is 2.65. The van der Waals surface area contributed by atoms with Crippen LogP contribution in [0.1, 0.15) is 50.3 Å². The summed E-state index contributed by atoms with van der Waals surface area (Å²) < 4.78 is 10.9. The minimum atomic E-state index is 0.703. The van der Waals surface area contributed by atoms with E-state index < -0.39 is 0 Å². The van der Waals surface area contributed by atoms with E-state index in [4.69, 9.17) is 8.83 Å². The van der Waals surface area contributed by atoms with E-state index >= 15 is 0 Å². The number of hydrogen-bond donors (Lipinski definition) is 0. The van der Waals surface area contributed by atoms with Gasteiger partial charge in [0.25, 0.3) is 0 Å². The summed E-state index contributed by atoms with van der Waals surface area (Å²) >= 11 is 0. The van der Waals surface area contributed by atoms with Crippen LogP contribution < -0.4 is 0 Å². The molecule has 0 N–H and O–H groups in total. The lowest BCUT2D eigenvalue weighted by molar-refractivity contribution is 0.430. The average molecular weight is 250 g/mol. The maximum Gasteiger partial charge on any atom is 0.216 e. The summed E-state index contributed by atoms with van der Waals surface area (Å²) in [4.78, 5) is 0. The van der Waals surface area contributed by atoms with Crippen molar-refractivity contribution in [1.29, 1.82) is 0 Å². The molecule has 2 aromatic heterocycles. The molecule has 0 fully saturated rings. The number of rotatable bonds is 7. The van der Waals surface area contributed by atoms with Crippen molar-refractivity contribution in [1.82, 2.24) is 20.4 Å². The van der Waals surface area contributed by atoms with Gasteiger partial charge in [0.05, 0.1) is 0 Å². The molecule has 0 amide bonds. The summed E-state index contributed by atoms with van der Waals surface area (Å²) in [5, 5.41) is 15.8. The van der Waals surface area contributed by atoms with Crippen molar-refractivity contribution in [3.8, 4) is 0 Å². The first-order valence-electron chi connectivity index (χ1n) is 6.44. The quantitative estimate of drug-likeness (QED) is 0.700. The number of unbranched alkanes of at least 4 members (excludes halogenated alkanes) is 1. The molecule has 0 atom stereocenters. The third-order valence-electron chi connectivity index (χ3n) is 2.65. The van der Waals surface area contributed by atoms with Crippen LogP contribution in [0.4, 0.5) is 0 Å². The van der Waals surface area contributed by atoms with Crippen LogP contribution in [0.2, 0.25) is 0 Å². The fourth-order valence-corrected chi connectivity index (χ4v) is 1.62. The second-order valence-corrected chi connectivity index (χ2v) is 4.09. The van der Waals surface area contributed by atoms with Crippen molar-refractivity contribution >= 4 is 0 Å². The molecule has 6 nitrogen and oxygen atoms in total. The molecule has 0 aliphatic heterocycles. The van der Waals surface area contributed by atoms with Gasteiger partial charge in [0.2, 0.25) is 23.6 Å². The Bertz CT molecular complexity index is 434. The van der Waals surface area contributed by atoms with Crippen molar-refractivity contribution in [2.45, 2.75) is 52.4 Å². The molecule has 0 aliphatic carbocycles. The highest BCUT2D eigenvalue weighted by molar-refractivity contribution is 4.83. The first-order chi connectivity index (χ1) is 8.81. The highest BCUT2D eigenvalue weighted by Gasteiger charge is 2.06. The van der Waals surface area contributed by atoms with Gasteiger partial charge in [-0.3, -0.25) is 0 Å². The summed E-state index contributed by atoms with van der Waals surface area (Å²) in [5.74, 6) is 2.84. The molecule has 2 heterocycles. The van der Waals surface area contributed by atoms with Crippen LogP contribution in [0.15, 0.2) is 8.83 Å². The zero-order valence-corrected chi connectivity index (χ0v) is 10.8. The van der Waals surface area contributed by atoms with Crippen molar-refractivity contribution in [3.05, 3.63) is 23.6 Å². The first-order valence-corrected chi connectivity index (χ1v) is 6.44. The number of hydrogen-bond acceptors (Lipinski definition) is 6. The van der Waals surface area contributed by atoms with E-state index in [2.05, 4.69) is 20.4 Å². The Hall–Kier alpha value is -1.72. The fourth-order valence-electron chi connectivity index (χ4n) is 1.62. The molecule has 0 saturated carbocycles. The second kappa shape index (κ2) is 6.28. The molecule has 98 valence electrons. The average Bonchev–Trinajstić information content (AvgIpc) is 3.03. The number of nitrogens with zero attached hydrogens (tertiary/aromatic N) is 4. The van der Waals surface area contributed by atoms with Gasteiger partial charge < -0.3 is 8.83 Å². The van der Waals surface area contributed by atoms with Gasteiger partial charge in [-0.2, -0.15) is 0 Å². The Balaban J connectivity index is 1.69. The van der Waals surface area contributed by atoms with Gasteiger partial charge in [0.15, 0.2) is 0 Å². The largest absolute Gasteiger partial charge is 0.425 e. The third kappa shape index (κ3) is 3.38. The summed E-state index contributed by atoms with van der Waals surface area (Å²) in [5.41, 5.74) is 0. The van der Waals surface area contributed by atoms with Crippen LogP contribution in [0.3, 0.4) is 0 Å². The minimum Gasteiger partial charge on any atom is -0.425 e. The maximum absolute atomic E-state index is 5.43. The highest BCUT2D eigenvalue weighted by atomic mass is 16.4. The van der Waals surface area contributed by atoms with E-state index in [9.17, 15) is 0 Å². The predicted octanol–water partition coefficient (Wildman–Crippen LogP) is 2.14. The van der Waals surface area contributed by atoms with Gasteiger partial charge in [-0.25, -0.2) is 0 Å². The van der Waals surface area contributed by atoms with Gasteiger partial charge in [0, 0.05) is 25.7 Å². The van der Waals surface area contributed by atoms with Crippen molar-refractivity contribution in [2.24, 2.45) is 0 Å². The highest BCUT2D eigenvalue weighted by Crippen LogP contribution is 2.08. The Morgan fingerprint density at radius 1 is 0.667 bits per heavy atom. The van der Waals surface area contributed by atoms with E-state index in [1.807, 2.05) is 13.8 Å². The van der Waals surface area contributed by atoms with Crippen LogP contribution in [0.25, 0.3) is 0 Å². The lowest BCUT2D eigenvalue weighted by atomic mass is 10.2. The smallest absolute Gasteiger partial charge is 0.216 e. The van der Waals surface area contributed by atoms with Gasteiger partial charge in [-0.05, 0) is 12.8 Å². The van der Waals surface area contributed by atoms with Crippen LogP contribution in [0.5, 0.6) is 0 Å². The van der Waals surface area contributed by atoms with E-state index in [-0.39, 0.29) is 0 Å². The van der Waals surface area contributed by atoms with E-state index in [1.54, 1.807) is 0 Å². The molecule has 18 heavy (non-hydrogen) atoms. The maximum atomic E-state index is 5.43. The molecule has 2 aromatic rings. The van der Waals surface area contributed by atoms with Crippen molar-refractivity contribution in [2.75, 3.05) is 0 Å². The van der Waals surface area contributed by atoms with Crippen molar-refractivity contribution < 1.29 is 8.83 Å². The molecule has 0 radical (unpaired) electrons. The molecule has 0 bridgehead atoms. The monoisotopic (exact) mass is 250 g/mol. The fraction of sp³-hybridized carbons (Fsp3) is 0.667. The van der Waals surface area contributed by atoms with Crippen LogP contribution in [0, 0.1) is 0 Å². The molecule has 0 spiro atoms. The predicted molar refractivity (Wildman–Crippen MR) is 64.0 cm³/mol. The van der Waals surface area contributed by atoms with Gasteiger partial charge in [-0.15, -0.1) is 20.4 Å². The van der Waals surface area contributed by atoms with Gasteiger partial charge >= 0.3 is 0 Å². The van der Waals surface area contributed by atoms with Gasteiger partial charge in [-0.1, -0.05) is 13.8 Å². The number of aryl methyl sites for hydroxylation is 4. The van der Waals surface area contributed by atoms with Crippen molar-refractivity contribution in [3.63, 3.8) is 0 Å². The Kier molecular flexibility index (Phi) is 4.44. The van der Waals surface area contributed by atoms with E-state index in [0.717, 1.165) is 38.5 Å². The Morgan fingerprint density at radius 2 is 1.06 bits per heavy atom. The summed E-state index contributed by atoms with van der Waals surface area (Å²) in [6, 6.07) is 0. The Morgan fingerprint density at radius 3 is 1.39 bits per heavy atom. The molecule has 0 unspecified atom stereocenters. The molecule has 0 saturated heterocycles. The lowest BCUT2D eigenvalue weighted by Crippen LogP contribution is -1.90. The molecule has 2 rings (SSSR count). The summed E-state index contributed by atoms with van der Waals surface area (Å²) in [6.45, 7) is 4.00. The molecule has 0 aromatic carbocycles. The molecular formula is C12H18N4O2. The zero-order valence-electron chi connectivity index (χ0n) is 10.8. The summed E-state index contributed by atoms with van der Waals surface area (Å²) in [7, 11) is 0. The van der Waals surface area contributed by atoms with Gasteiger partial charge in [0.1, 0.15) is 0 Å². The SMILES string of the molecule is CCc1nnc(CCCCc2nnc(CC)o2)o1. The standard InChI is InChI=1S/C12H18N4O2/c1-3-9-13-15-11(17-9)7-5-6-8-12-16-14-10(4-2)18-12/h3-8H2,1-2H3. The van der Waals surface area contributed by atoms with E-state index in [0.29, 0.717) is 23.6 Å². The number of aromatic nitrogens is 4. The summed E-state index contributed by atoms with van der Waals surface area (Å²) in [6.07, 6.45) is 5.15. The lowest BCUT2D eigenvalue weighted by Gasteiger charge is -1.94. The topological polar surface area (TPSA) is 77.8 Å². The van der Waals surface area contributed by atoms with Crippen LogP contribution in [-0.2, 0) is 25.7 Å². The molecular weight excluding hydrogens is 232 g/mol. The minimum absolute atomic E-state index is 0.703. The van der Waals surface area contributed by atoms with E-state index in [1.165, 1.54) is 0 Å².